The Labute approximate surface area is 92.7 Å². The van der Waals surface area contributed by atoms with Crippen molar-refractivity contribution in [3.63, 3.8) is 0 Å². The van der Waals surface area contributed by atoms with Crippen LogP contribution in [0, 0.1) is 5.92 Å². The van der Waals surface area contributed by atoms with Crippen molar-refractivity contribution in [2.75, 3.05) is 6.61 Å². The van der Waals surface area contributed by atoms with E-state index in [1.54, 1.807) is 0 Å². The molecule has 1 atom stereocenters. The molecule has 1 aliphatic rings. The molecule has 2 heteroatoms. The zero-order valence-corrected chi connectivity index (χ0v) is 9.92. The summed E-state index contributed by atoms with van der Waals surface area (Å²) in [5.41, 5.74) is 1.49. The van der Waals surface area contributed by atoms with Gasteiger partial charge in [0.1, 0.15) is 0 Å². The molecule has 0 bridgehead atoms. The van der Waals surface area contributed by atoms with Crippen molar-refractivity contribution in [1.82, 2.24) is 0 Å². The number of unbranched alkanes of at least 4 members (excludes halogenated alkanes) is 1. The molecule has 0 N–H and O–H groups in total. The number of hydrogen-bond acceptors (Lipinski definition) is 2. The Morgan fingerprint density at radius 2 is 2.33 bits per heavy atom. The Balaban J connectivity index is 2.27. The van der Waals surface area contributed by atoms with E-state index in [1.807, 2.05) is 0 Å². The van der Waals surface area contributed by atoms with Crippen LogP contribution in [0.3, 0.4) is 0 Å². The van der Waals surface area contributed by atoms with E-state index < -0.39 is 0 Å². The SMILES string of the molecule is CCCCOC(=O)C1CC=C(CC)CC1. The van der Waals surface area contributed by atoms with Gasteiger partial charge in [-0.1, -0.05) is 31.9 Å². The Morgan fingerprint density at radius 3 is 2.87 bits per heavy atom. The minimum Gasteiger partial charge on any atom is -0.465 e. The maximum Gasteiger partial charge on any atom is 0.309 e. The van der Waals surface area contributed by atoms with Gasteiger partial charge in [0.2, 0.25) is 0 Å². The van der Waals surface area contributed by atoms with Gasteiger partial charge in [-0.15, -0.1) is 0 Å². The number of hydrogen-bond donors (Lipinski definition) is 0. The summed E-state index contributed by atoms with van der Waals surface area (Å²) < 4.78 is 5.22. The molecule has 0 heterocycles. The topological polar surface area (TPSA) is 26.3 Å². The summed E-state index contributed by atoms with van der Waals surface area (Å²) in [7, 11) is 0. The molecule has 0 aromatic heterocycles. The number of carbonyl (C=O) groups excluding carboxylic acids is 1. The molecule has 0 aromatic carbocycles. The Morgan fingerprint density at radius 1 is 1.53 bits per heavy atom. The summed E-state index contributed by atoms with van der Waals surface area (Å²) in [4.78, 5) is 11.6. The van der Waals surface area contributed by atoms with E-state index in [0.29, 0.717) is 6.61 Å². The molecule has 0 aromatic rings. The fraction of sp³-hybridized carbons (Fsp3) is 0.769. The zero-order chi connectivity index (χ0) is 11.1. The Kier molecular flexibility index (Phi) is 5.44. The molecule has 0 saturated carbocycles. The van der Waals surface area contributed by atoms with Crippen LogP contribution in [0.4, 0.5) is 0 Å². The normalized spacial score (nSPS) is 20.9. The van der Waals surface area contributed by atoms with Gasteiger partial charge in [0, 0.05) is 0 Å². The summed E-state index contributed by atoms with van der Waals surface area (Å²) in [5, 5.41) is 0. The average molecular weight is 210 g/mol. The first-order valence-electron chi connectivity index (χ1n) is 6.12. The monoisotopic (exact) mass is 210 g/mol. The smallest absolute Gasteiger partial charge is 0.309 e. The minimum absolute atomic E-state index is 0.00912. The molecular formula is C13H22O2. The molecule has 86 valence electrons. The predicted molar refractivity (Wildman–Crippen MR) is 61.6 cm³/mol. The van der Waals surface area contributed by atoms with Gasteiger partial charge in [0.25, 0.3) is 0 Å². The number of ether oxygens (including phenoxy) is 1. The van der Waals surface area contributed by atoms with E-state index in [2.05, 4.69) is 19.9 Å². The third-order valence-corrected chi connectivity index (χ3v) is 3.03. The first kappa shape index (κ1) is 12.3. The predicted octanol–water partition coefficient (Wildman–Crippen LogP) is 3.47. The largest absolute Gasteiger partial charge is 0.465 e. The van der Waals surface area contributed by atoms with Crippen LogP contribution in [-0.4, -0.2) is 12.6 Å². The minimum atomic E-state index is 0.00912. The molecule has 2 nitrogen and oxygen atoms in total. The Hall–Kier alpha value is -0.790. The molecule has 0 saturated heterocycles. The maximum atomic E-state index is 11.6. The van der Waals surface area contributed by atoms with Crippen LogP contribution >= 0.6 is 0 Å². The molecule has 0 radical (unpaired) electrons. The van der Waals surface area contributed by atoms with Gasteiger partial charge in [-0.05, 0) is 32.1 Å². The quantitative estimate of drug-likeness (QED) is 0.394. The lowest BCUT2D eigenvalue weighted by atomic mass is 9.89. The second-order valence-corrected chi connectivity index (χ2v) is 4.21. The van der Waals surface area contributed by atoms with Crippen molar-refractivity contribution in [2.45, 2.75) is 52.4 Å². The Bertz CT molecular complexity index is 231. The summed E-state index contributed by atoms with van der Waals surface area (Å²) in [6, 6.07) is 0. The van der Waals surface area contributed by atoms with E-state index >= 15 is 0 Å². The van der Waals surface area contributed by atoms with Crippen LogP contribution in [0.5, 0.6) is 0 Å². The number of rotatable bonds is 5. The average Bonchev–Trinajstić information content (AvgIpc) is 2.29. The van der Waals surface area contributed by atoms with Crippen molar-refractivity contribution < 1.29 is 9.53 Å². The lowest BCUT2D eigenvalue weighted by Crippen LogP contribution is -2.20. The number of allylic oxidation sites excluding steroid dienone is 2. The van der Waals surface area contributed by atoms with Gasteiger partial charge in [0.15, 0.2) is 0 Å². The molecule has 0 fully saturated rings. The van der Waals surface area contributed by atoms with Crippen molar-refractivity contribution >= 4 is 5.97 Å². The summed E-state index contributed by atoms with van der Waals surface area (Å²) >= 11 is 0. The summed E-state index contributed by atoms with van der Waals surface area (Å²) in [6.07, 6.45) is 8.34. The van der Waals surface area contributed by atoms with Gasteiger partial charge in [-0.2, -0.15) is 0 Å². The van der Waals surface area contributed by atoms with Crippen molar-refractivity contribution in [1.29, 1.82) is 0 Å². The number of carbonyl (C=O) groups is 1. The third-order valence-electron chi connectivity index (χ3n) is 3.03. The van der Waals surface area contributed by atoms with E-state index in [9.17, 15) is 4.79 Å². The lowest BCUT2D eigenvalue weighted by Gasteiger charge is -2.19. The summed E-state index contributed by atoms with van der Waals surface area (Å²) in [5.74, 6) is 0.131. The second-order valence-electron chi connectivity index (χ2n) is 4.21. The molecule has 1 rings (SSSR count). The molecule has 0 amide bonds. The second kappa shape index (κ2) is 6.65. The molecule has 15 heavy (non-hydrogen) atoms. The highest BCUT2D eigenvalue weighted by atomic mass is 16.5. The van der Waals surface area contributed by atoms with Crippen molar-refractivity contribution in [3.05, 3.63) is 11.6 Å². The first-order valence-corrected chi connectivity index (χ1v) is 6.12. The third kappa shape index (κ3) is 4.06. The van der Waals surface area contributed by atoms with Crippen LogP contribution < -0.4 is 0 Å². The van der Waals surface area contributed by atoms with Crippen LogP contribution in [0.15, 0.2) is 11.6 Å². The van der Waals surface area contributed by atoms with Crippen LogP contribution in [0.1, 0.15) is 52.4 Å². The molecule has 1 unspecified atom stereocenters. The van der Waals surface area contributed by atoms with Gasteiger partial charge >= 0.3 is 5.97 Å². The first-order chi connectivity index (χ1) is 7.27. The van der Waals surface area contributed by atoms with Crippen LogP contribution in [0.2, 0.25) is 0 Å². The number of esters is 1. The molecule has 0 aliphatic heterocycles. The van der Waals surface area contributed by atoms with Crippen LogP contribution in [-0.2, 0) is 9.53 Å². The molecule has 1 aliphatic carbocycles. The standard InChI is InChI=1S/C13H22O2/c1-3-5-10-15-13(14)12-8-6-11(4-2)7-9-12/h6,12H,3-5,7-10H2,1-2H3. The van der Waals surface area contributed by atoms with Gasteiger partial charge < -0.3 is 4.74 Å². The van der Waals surface area contributed by atoms with Gasteiger partial charge in [0.05, 0.1) is 12.5 Å². The highest BCUT2D eigenvalue weighted by Gasteiger charge is 2.21. The fourth-order valence-corrected chi connectivity index (χ4v) is 1.86. The van der Waals surface area contributed by atoms with E-state index in [-0.39, 0.29) is 11.9 Å². The fourth-order valence-electron chi connectivity index (χ4n) is 1.86. The van der Waals surface area contributed by atoms with E-state index in [1.165, 1.54) is 5.57 Å². The molecule has 0 spiro atoms. The lowest BCUT2D eigenvalue weighted by molar-refractivity contribution is -0.148. The van der Waals surface area contributed by atoms with E-state index in [4.69, 9.17) is 4.74 Å². The van der Waals surface area contributed by atoms with E-state index in [0.717, 1.165) is 38.5 Å². The highest BCUT2D eigenvalue weighted by Crippen LogP contribution is 2.26. The zero-order valence-electron chi connectivity index (χ0n) is 9.92. The van der Waals surface area contributed by atoms with Crippen molar-refractivity contribution in [2.24, 2.45) is 5.92 Å². The van der Waals surface area contributed by atoms with Crippen molar-refractivity contribution in [3.8, 4) is 0 Å². The van der Waals surface area contributed by atoms with Gasteiger partial charge in [-0.25, -0.2) is 0 Å². The molecular weight excluding hydrogens is 188 g/mol. The summed E-state index contributed by atoms with van der Waals surface area (Å²) in [6.45, 7) is 4.87. The highest BCUT2D eigenvalue weighted by molar-refractivity contribution is 5.72. The van der Waals surface area contributed by atoms with Crippen LogP contribution in [0.25, 0.3) is 0 Å². The maximum absolute atomic E-state index is 11.6. The van der Waals surface area contributed by atoms with Gasteiger partial charge in [-0.3, -0.25) is 4.79 Å².